The number of ketones is 1. The van der Waals surface area contributed by atoms with Crippen LogP contribution < -0.4 is 0 Å². The summed E-state index contributed by atoms with van der Waals surface area (Å²) in [7, 11) is 0. The molecule has 0 saturated carbocycles. The molecule has 2 unspecified atom stereocenters. The second-order valence-corrected chi connectivity index (χ2v) is 4.54. The van der Waals surface area contributed by atoms with Crippen molar-refractivity contribution in [3.63, 3.8) is 0 Å². The smallest absolute Gasteiger partial charge is 0.237 e. The first-order valence-corrected chi connectivity index (χ1v) is 6.67. The van der Waals surface area contributed by atoms with Crippen molar-refractivity contribution in [1.82, 2.24) is 10.1 Å². The van der Waals surface area contributed by atoms with E-state index in [-0.39, 0.29) is 11.9 Å². The fourth-order valence-electron chi connectivity index (χ4n) is 1.88. The van der Waals surface area contributed by atoms with Crippen molar-refractivity contribution in [2.75, 3.05) is 6.61 Å². The van der Waals surface area contributed by atoms with Gasteiger partial charge in [0.2, 0.25) is 5.89 Å². The maximum Gasteiger partial charge on any atom is 0.237 e. The Kier molecular flexibility index (Phi) is 4.63. The molecule has 0 radical (unpaired) electrons. The molecule has 106 valence electrons. The highest BCUT2D eigenvalue weighted by molar-refractivity contribution is 6.00. The van der Waals surface area contributed by atoms with E-state index in [1.54, 1.807) is 19.1 Å². The van der Waals surface area contributed by atoms with E-state index in [4.69, 9.17) is 9.26 Å². The predicted molar refractivity (Wildman–Crippen MR) is 73.5 cm³/mol. The van der Waals surface area contributed by atoms with Crippen molar-refractivity contribution in [1.29, 1.82) is 0 Å². The SMILES string of the molecule is CCOC(C)c1noc(C(C)C(=O)c2ccccc2)n1. The molecule has 5 heteroatoms. The number of carbonyl (C=O) groups is 1. The molecule has 0 fully saturated rings. The Balaban J connectivity index is 2.13. The molecule has 2 aromatic rings. The van der Waals surface area contributed by atoms with Crippen LogP contribution in [0.5, 0.6) is 0 Å². The highest BCUT2D eigenvalue weighted by Gasteiger charge is 2.24. The van der Waals surface area contributed by atoms with Gasteiger partial charge < -0.3 is 9.26 Å². The van der Waals surface area contributed by atoms with Gasteiger partial charge in [-0.3, -0.25) is 4.79 Å². The van der Waals surface area contributed by atoms with Crippen molar-refractivity contribution >= 4 is 5.78 Å². The Labute approximate surface area is 118 Å². The standard InChI is InChI=1S/C15H18N2O3/c1-4-19-11(3)14-16-15(20-17-14)10(2)13(18)12-8-6-5-7-9-12/h5-11H,4H2,1-3H3. The number of nitrogens with zero attached hydrogens (tertiary/aromatic N) is 2. The van der Waals surface area contributed by atoms with Crippen molar-refractivity contribution < 1.29 is 14.1 Å². The quantitative estimate of drug-likeness (QED) is 0.757. The van der Waals surface area contributed by atoms with E-state index < -0.39 is 5.92 Å². The Bertz CT molecular complexity index is 566. The third-order valence-electron chi connectivity index (χ3n) is 3.06. The van der Waals surface area contributed by atoms with E-state index in [0.717, 1.165) is 0 Å². The van der Waals surface area contributed by atoms with E-state index in [1.807, 2.05) is 32.0 Å². The molecule has 5 nitrogen and oxygen atoms in total. The Morgan fingerprint density at radius 1 is 1.30 bits per heavy atom. The monoisotopic (exact) mass is 274 g/mol. The summed E-state index contributed by atoms with van der Waals surface area (Å²) in [5, 5.41) is 3.87. The molecule has 2 rings (SSSR count). The lowest BCUT2D eigenvalue weighted by Gasteiger charge is -2.06. The molecule has 0 spiro atoms. The highest BCUT2D eigenvalue weighted by atomic mass is 16.5. The molecular weight excluding hydrogens is 256 g/mol. The number of Topliss-reactive ketones (excluding diaryl/α,β-unsaturated/α-hetero) is 1. The lowest BCUT2D eigenvalue weighted by atomic mass is 9.99. The van der Waals surface area contributed by atoms with Crippen LogP contribution in [0.1, 0.15) is 54.9 Å². The zero-order chi connectivity index (χ0) is 14.5. The molecule has 1 aromatic carbocycles. The van der Waals surface area contributed by atoms with Crippen molar-refractivity contribution in [2.45, 2.75) is 32.8 Å². The van der Waals surface area contributed by atoms with Gasteiger partial charge in [-0.15, -0.1) is 0 Å². The molecule has 0 aliphatic carbocycles. The molecule has 2 atom stereocenters. The Hall–Kier alpha value is -2.01. The third kappa shape index (κ3) is 3.11. The van der Waals surface area contributed by atoms with E-state index in [0.29, 0.717) is 23.9 Å². The second kappa shape index (κ2) is 6.43. The summed E-state index contributed by atoms with van der Waals surface area (Å²) in [6, 6.07) is 9.08. The first-order valence-electron chi connectivity index (χ1n) is 6.67. The molecule has 0 amide bonds. The van der Waals surface area contributed by atoms with Crippen molar-refractivity contribution in [2.24, 2.45) is 0 Å². The summed E-state index contributed by atoms with van der Waals surface area (Å²) < 4.78 is 10.6. The van der Waals surface area contributed by atoms with Gasteiger partial charge in [-0.1, -0.05) is 35.5 Å². The molecule has 0 bridgehead atoms. The second-order valence-electron chi connectivity index (χ2n) is 4.54. The van der Waals surface area contributed by atoms with Crippen LogP contribution in [-0.4, -0.2) is 22.5 Å². The fourth-order valence-corrected chi connectivity index (χ4v) is 1.88. The summed E-state index contributed by atoms with van der Waals surface area (Å²) in [6.45, 7) is 6.09. The van der Waals surface area contributed by atoms with Gasteiger partial charge in [0.15, 0.2) is 11.6 Å². The van der Waals surface area contributed by atoms with E-state index >= 15 is 0 Å². The number of ether oxygens (including phenoxy) is 1. The molecule has 20 heavy (non-hydrogen) atoms. The third-order valence-corrected chi connectivity index (χ3v) is 3.06. The van der Waals surface area contributed by atoms with E-state index in [9.17, 15) is 4.79 Å². The predicted octanol–water partition coefficient (Wildman–Crippen LogP) is 3.15. The molecule has 1 aromatic heterocycles. The van der Waals surface area contributed by atoms with Crippen LogP contribution in [-0.2, 0) is 4.74 Å². The van der Waals surface area contributed by atoms with Gasteiger partial charge in [0.25, 0.3) is 0 Å². The van der Waals surface area contributed by atoms with Crippen LogP contribution in [0.2, 0.25) is 0 Å². The van der Waals surface area contributed by atoms with Gasteiger partial charge in [0.1, 0.15) is 6.10 Å². The lowest BCUT2D eigenvalue weighted by molar-refractivity contribution is 0.0683. The summed E-state index contributed by atoms with van der Waals surface area (Å²) in [5.41, 5.74) is 0.637. The minimum atomic E-state index is -0.465. The highest BCUT2D eigenvalue weighted by Crippen LogP contribution is 2.21. The Morgan fingerprint density at radius 2 is 2.00 bits per heavy atom. The van der Waals surface area contributed by atoms with E-state index in [2.05, 4.69) is 10.1 Å². The number of rotatable bonds is 6. The largest absolute Gasteiger partial charge is 0.371 e. The normalized spacial score (nSPS) is 13.9. The maximum atomic E-state index is 12.3. The van der Waals surface area contributed by atoms with Crippen LogP contribution >= 0.6 is 0 Å². The van der Waals surface area contributed by atoms with Gasteiger partial charge in [0, 0.05) is 12.2 Å². The summed E-state index contributed by atoms with van der Waals surface area (Å²) in [6.07, 6.45) is -0.239. The van der Waals surface area contributed by atoms with Gasteiger partial charge in [0.05, 0.1) is 5.92 Å². The number of aromatic nitrogens is 2. The van der Waals surface area contributed by atoms with Crippen molar-refractivity contribution in [3.05, 3.63) is 47.6 Å². The van der Waals surface area contributed by atoms with Crippen LogP contribution in [0, 0.1) is 0 Å². The minimum Gasteiger partial charge on any atom is -0.371 e. The van der Waals surface area contributed by atoms with Gasteiger partial charge >= 0.3 is 0 Å². The van der Waals surface area contributed by atoms with Crippen LogP contribution in [0.3, 0.4) is 0 Å². The molecule has 0 N–H and O–H groups in total. The van der Waals surface area contributed by atoms with Crippen LogP contribution in [0.25, 0.3) is 0 Å². The zero-order valence-electron chi connectivity index (χ0n) is 11.9. The average Bonchev–Trinajstić information content (AvgIpc) is 2.97. The first kappa shape index (κ1) is 14.4. The molecule has 0 aliphatic rings. The maximum absolute atomic E-state index is 12.3. The first-order chi connectivity index (χ1) is 9.63. The lowest BCUT2D eigenvalue weighted by Crippen LogP contribution is -2.10. The Morgan fingerprint density at radius 3 is 2.65 bits per heavy atom. The van der Waals surface area contributed by atoms with Gasteiger partial charge in [-0.2, -0.15) is 4.98 Å². The number of hydrogen-bond donors (Lipinski definition) is 0. The number of hydrogen-bond acceptors (Lipinski definition) is 5. The number of benzene rings is 1. The van der Waals surface area contributed by atoms with Crippen LogP contribution in [0.15, 0.2) is 34.9 Å². The average molecular weight is 274 g/mol. The zero-order valence-corrected chi connectivity index (χ0v) is 11.9. The summed E-state index contributed by atoms with van der Waals surface area (Å²) >= 11 is 0. The topological polar surface area (TPSA) is 65.2 Å². The molecular formula is C15H18N2O3. The van der Waals surface area contributed by atoms with Crippen LogP contribution in [0.4, 0.5) is 0 Å². The minimum absolute atomic E-state index is 0.0372. The fraction of sp³-hybridized carbons (Fsp3) is 0.400. The van der Waals surface area contributed by atoms with Gasteiger partial charge in [-0.25, -0.2) is 0 Å². The van der Waals surface area contributed by atoms with E-state index in [1.165, 1.54) is 0 Å². The van der Waals surface area contributed by atoms with Gasteiger partial charge in [-0.05, 0) is 20.8 Å². The molecule has 0 saturated heterocycles. The molecule has 0 aliphatic heterocycles. The van der Waals surface area contributed by atoms with Crippen molar-refractivity contribution in [3.8, 4) is 0 Å². The summed E-state index contributed by atoms with van der Waals surface area (Å²) in [4.78, 5) is 16.5. The molecule has 1 heterocycles. The number of carbonyl (C=O) groups excluding carboxylic acids is 1. The summed E-state index contributed by atoms with van der Waals surface area (Å²) in [5.74, 6) is 0.285.